The van der Waals surface area contributed by atoms with Crippen LogP contribution in [0.4, 0.5) is 103 Å². The maximum atomic E-state index is 4.76. The third kappa shape index (κ3) is 15.6. The van der Waals surface area contributed by atoms with E-state index in [0.29, 0.717) is 0 Å². The Morgan fingerprint density at radius 1 is 0.164 bits per heavy atom. The molecule has 0 bridgehead atoms. The summed E-state index contributed by atoms with van der Waals surface area (Å²) in [6, 6.07) is 157. The second kappa shape index (κ2) is 35.3. The number of rotatable bonds is 20. The highest BCUT2D eigenvalue weighted by Crippen LogP contribution is 2.53. The van der Waals surface area contributed by atoms with Gasteiger partial charge in [-0.1, -0.05) is 304 Å². The summed E-state index contributed by atoms with van der Waals surface area (Å²) >= 11 is 0. The van der Waals surface area contributed by atoms with Crippen LogP contribution in [0.2, 0.25) is 39.3 Å². The topological polar surface area (TPSA) is 71.0 Å². The molecule has 0 radical (unpaired) electrons. The fourth-order valence-electron chi connectivity index (χ4n) is 19.6. The Kier molecular flexibility index (Phi) is 21.9. The number of para-hydroxylation sites is 6. The van der Waals surface area contributed by atoms with Gasteiger partial charge in [0.05, 0.1) is 74.0 Å². The lowest BCUT2D eigenvalue weighted by molar-refractivity contribution is 1.19. The second-order valence-corrected chi connectivity index (χ2v) is 46.3. The number of pyridine rings is 4. The van der Waals surface area contributed by atoms with E-state index in [1.807, 2.05) is 85.7 Å². The van der Waals surface area contributed by atoms with Crippen molar-refractivity contribution >= 4 is 226 Å². The zero-order valence-corrected chi connectivity index (χ0v) is 77.5. The van der Waals surface area contributed by atoms with Crippen molar-refractivity contribution in [2.24, 2.45) is 0 Å². The van der Waals surface area contributed by atoms with Crippen LogP contribution in [0.15, 0.2) is 474 Å². The Bertz CT molecular complexity index is 7280. The predicted molar refractivity (Wildman–Crippen MR) is 576 cm³/mol. The summed E-state index contributed by atoms with van der Waals surface area (Å²) < 4.78 is 0. The van der Waals surface area contributed by atoms with Crippen LogP contribution < -0.4 is 39.8 Å². The molecule has 20 aromatic carbocycles. The molecule has 24 rings (SSSR count). The average molecular weight is 1760 g/mol. The van der Waals surface area contributed by atoms with E-state index in [4.69, 9.17) is 9.97 Å². The smallest absolute Gasteiger partial charge is 0.137 e. The minimum atomic E-state index is -1.43. The zero-order valence-electron chi connectivity index (χ0n) is 75.5. The van der Waals surface area contributed by atoms with Crippen molar-refractivity contribution in [3.05, 3.63) is 474 Å². The predicted octanol–water partition coefficient (Wildman–Crippen LogP) is 33.2. The number of aromatic nitrogens is 4. The molecule has 4 aromatic heterocycles. The molecule has 10 nitrogen and oxygen atoms in total. The third-order valence-corrected chi connectivity index (χ3v) is 30.1. The fourth-order valence-corrected chi connectivity index (χ4v) is 21.9. The Morgan fingerprint density at radius 2 is 0.366 bits per heavy atom. The number of benzene rings is 20. The van der Waals surface area contributed by atoms with Crippen molar-refractivity contribution in [1.82, 2.24) is 19.9 Å². The summed E-state index contributed by atoms with van der Waals surface area (Å²) in [7, 11) is -2.87. The van der Waals surface area contributed by atoms with Crippen LogP contribution in [0.5, 0.6) is 0 Å². The van der Waals surface area contributed by atoms with Gasteiger partial charge in [-0.3, -0.25) is 19.8 Å². The average Bonchev–Trinajstić information content (AvgIpc) is 0.727. The summed E-state index contributed by atoms with van der Waals surface area (Å²) in [5.41, 5.74) is 17.8. The summed E-state index contributed by atoms with van der Waals surface area (Å²) in [6.45, 7) is 14.5. The molecule has 134 heavy (non-hydrogen) atoms. The molecule has 24 aromatic rings. The first-order chi connectivity index (χ1) is 65.8. The molecule has 0 saturated heterocycles. The van der Waals surface area contributed by atoms with Crippen LogP contribution in [-0.2, 0) is 0 Å². The normalized spacial score (nSPS) is 11.7. The Labute approximate surface area is 783 Å². The van der Waals surface area contributed by atoms with E-state index in [1.165, 1.54) is 130 Å². The quantitative estimate of drug-likeness (QED) is 0.0544. The van der Waals surface area contributed by atoms with Crippen molar-refractivity contribution in [1.29, 1.82) is 0 Å². The minimum absolute atomic E-state index is 0.879. The van der Waals surface area contributed by atoms with Crippen molar-refractivity contribution in [3.8, 4) is 0 Å². The van der Waals surface area contributed by atoms with Crippen molar-refractivity contribution in [3.63, 3.8) is 0 Å². The zero-order chi connectivity index (χ0) is 90.4. The molecular weight excluding hydrogens is 1660 g/mol. The molecular formula is C122H96N10Si2. The molecule has 0 spiro atoms. The van der Waals surface area contributed by atoms with Gasteiger partial charge >= 0.3 is 0 Å². The van der Waals surface area contributed by atoms with E-state index >= 15 is 0 Å². The number of hydrogen-bond acceptors (Lipinski definition) is 10. The molecule has 0 saturated carbocycles. The van der Waals surface area contributed by atoms with Crippen LogP contribution in [0.3, 0.4) is 0 Å². The highest BCUT2D eigenvalue weighted by molar-refractivity contribution is 6.89. The minimum Gasteiger partial charge on any atom is -0.310 e. The Hall–Kier alpha value is -16.6. The Morgan fingerprint density at radius 3 is 0.582 bits per heavy atom. The molecule has 0 aliphatic carbocycles. The van der Waals surface area contributed by atoms with Crippen LogP contribution in [0.1, 0.15) is 0 Å². The summed E-state index contributed by atoms with van der Waals surface area (Å²) in [5, 5.41) is 25.2. The van der Waals surface area contributed by atoms with E-state index in [-0.39, 0.29) is 0 Å². The molecule has 12 heteroatoms. The van der Waals surface area contributed by atoms with E-state index in [1.54, 1.807) is 0 Å². The maximum absolute atomic E-state index is 4.76. The van der Waals surface area contributed by atoms with Gasteiger partial charge in [0.25, 0.3) is 0 Å². The number of nitrogens with zero attached hydrogens (tertiary/aromatic N) is 10. The first kappa shape index (κ1) is 83.0. The molecule has 0 unspecified atom stereocenters. The van der Waals surface area contributed by atoms with E-state index in [0.717, 1.165) is 79.9 Å². The van der Waals surface area contributed by atoms with Gasteiger partial charge in [-0.15, -0.1) is 0 Å². The lowest BCUT2D eigenvalue weighted by atomic mass is 9.91. The van der Waals surface area contributed by atoms with E-state index in [2.05, 4.69) is 467 Å². The lowest BCUT2D eigenvalue weighted by Crippen LogP contribution is -2.37. The SMILES string of the molecule is C[Si](C)(C)c1ccc(N(c2ccccc2)c2ccc3ccc4c(N(c5ccccc5)c5ccc([Si](C)(C)C)cc5)ccc5ccc2c3c54)cc1.c1ccc(N(c2ccccn2)c2ccc3ccc4c(N(c5ccccc5)c5ccccn5)ccc5ccc2c3c54)cc1.c1ccc(N(c2cccnc2)c2ccc3ccc4c(N(c5ccccc5)c5cccnc5)ccc5ccc2c3c54)cc1. The second-order valence-electron chi connectivity index (χ2n) is 36.2. The van der Waals surface area contributed by atoms with Crippen molar-refractivity contribution < 1.29 is 0 Å². The first-order valence-corrected chi connectivity index (χ1v) is 52.9. The van der Waals surface area contributed by atoms with Crippen LogP contribution >= 0.6 is 0 Å². The van der Waals surface area contributed by atoms with Crippen LogP contribution in [0.25, 0.3) is 97.0 Å². The van der Waals surface area contributed by atoms with Gasteiger partial charge in [-0.25, -0.2) is 9.97 Å². The first-order valence-electron chi connectivity index (χ1n) is 45.9. The van der Waals surface area contributed by atoms with Gasteiger partial charge in [0.15, 0.2) is 0 Å². The van der Waals surface area contributed by atoms with Crippen LogP contribution in [0, 0.1) is 0 Å². The maximum Gasteiger partial charge on any atom is 0.137 e. The van der Waals surface area contributed by atoms with Crippen molar-refractivity contribution in [2.75, 3.05) is 29.4 Å². The van der Waals surface area contributed by atoms with Gasteiger partial charge in [-0.2, -0.15) is 0 Å². The highest BCUT2D eigenvalue weighted by atomic mass is 28.3. The van der Waals surface area contributed by atoms with E-state index in [9.17, 15) is 0 Å². The van der Waals surface area contributed by atoms with Crippen LogP contribution in [-0.4, -0.2) is 36.1 Å². The molecule has 4 heterocycles. The number of hydrogen-bond donors (Lipinski definition) is 0. The third-order valence-electron chi connectivity index (χ3n) is 25.9. The van der Waals surface area contributed by atoms with Gasteiger partial charge in [-0.05, 0) is 247 Å². The lowest BCUT2D eigenvalue weighted by Gasteiger charge is -2.30. The molecule has 0 fully saturated rings. The van der Waals surface area contributed by atoms with Gasteiger partial charge in [0.1, 0.15) is 11.6 Å². The fraction of sp³-hybridized carbons (Fsp3) is 0.0492. The standard InChI is InChI=1S/C46H44N2Si2.2C38H26N4/c1-49(2,3)39-25-21-37(22-26-39)47(35-13-9-7-10-14-35)43-31-19-33-18-30-42-44(32-20-34-17-29-41(43)45(33)46(34)42)48(36-15-11-8-12-16-36)38-23-27-40(28-24-38)50(4,5)6;1-3-11-29(12-4-1)41(35-15-7-9-25-39-35)33-23-19-27-18-22-32-34(24-20-28-17-21-31(33)37(27)38(28)32)42(30-13-5-2-6-14-30)36-16-8-10-26-40-36;1-3-9-29(10-4-1)41(31-13-7-23-39-25-31)35-21-17-27-16-20-34-36(22-18-28-15-19-33(35)37(27)38(28)34)42(30-11-5-2-6-12-30)32-14-8-24-40-26-32/h7-32H,1-6H3;2*1-26H. The molecule has 0 N–H and O–H groups in total. The molecule has 0 aliphatic rings. The summed E-state index contributed by atoms with van der Waals surface area (Å²) in [4.78, 5) is 32.4. The molecule has 0 atom stereocenters. The highest BCUT2D eigenvalue weighted by Gasteiger charge is 2.29. The van der Waals surface area contributed by atoms with E-state index < -0.39 is 16.1 Å². The summed E-state index contributed by atoms with van der Waals surface area (Å²) in [5.74, 6) is 1.76. The van der Waals surface area contributed by atoms with Gasteiger partial charge in [0.2, 0.25) is 0 Å². The van der Waals surface area contributed by atoms with Crippen molar-refractivity contribution in [2.45, 2.75) is 39.3 Å². The largest absolute Gasteiger partial charge is 0.310 e. The molecule has 0 amide bonds. The molecule has 0 aliphatic heterocycles. The van der Waals surface area contributed by atoms with Gasteiger partial charge in [0, 0.05) is 103 Å². The molecule has 642 valence electrons. The summed E-state index contributed by atoms with van der Waals surface area (Å²) in [6.07, 6.45) is 11.2. The number of anilines is 18. The van der Waals surface area contributed by atoms with Gasteiger partial charge < -0.3 is 19.6 Å². The monoisotopic (exact) mass is 1760 g/mol. The Balaban J connectivity index is 0.000000118.